The Morgan fingerprint density at radius 3 is 2.67 bits per heavy atom. The molecule has 0 spiro atoms. The van der Waals surface area contributed by atoms with Crippen molar-refractivity contribution < 1.29 is 4.74 Å². The predicted molar refractivity (Wildman–Crippen MR) is 72.4 cm³/mol. The van der Waals surface area contributed by atoms with E-state index in [0.29, 0.717) is 28.2 Å². The molecule has 0 fully saturated rings. The number of anilines is 1. The second kappa shape index (κ2) is 5.89. The molecule has 0 aliphatic carbocycles. The Morgan fingerprint density at radius 2 is 2.06 bits per heavy atom. The molecule has 0 saturated heterocycles. The summed E-state index contributed by atoms with van der Waals surface area (Å²) in [5.74, 6) is 1.28. The lowest BCUT2D eigenvalue weighted by Gasteiger charge is -2.07. The Balaban J connectivity index is 2.02. The molecule has 0 saturated carbocycles. The second-order valence-electron chi connectivity index (χ2n) is 3.51. The predicted octanol–water partition coefficient (Wildman–Crippen LogP) is 3.40. The van der Waals surface area contributed by atoms with Crippen LogP contribution in [0.25, 0.3) is 0 Å². The number of nitrogens with zero attached hydrogens (tertiary/aromatic N) is 2. The highest BCUT2D eigenvalue weighted by Crippen LogP contribution is 2.27. The lowest BCUT2D eigenvalue weighted by atomic mass is 10.3. The van der Waals surface area contributed by atoms with Crippen LogP contribution in [0.5, 0.6) is 5.75 Å². The van der Waals surface area contributed by atoms with Crippen LogP contribution in [-0.4, -0.2) is 17.0 Å². The van der Waals surface area contributed by atoms with Crippen molar-refractivity contribution in [1.29, 1.82) is 0 Å². The Kier molecular flexibility index (Phi) is 4.23. The zero-order valence-corrected chi connectivity index (χ0v) is 11.2. The van der Waals surface area contributed by atoms with Gasteiger partial charge in [-0.15, -0.1) is 0 Å². The Morgan fingerprint density at radius 1 is 1.22 bits per heavy atom. The van der Waals surface area contributed by atoms with E-state index in [1.165, 1.54) is 0 Å². The van der Waals surface area contributed by atoms with Crippen LogP contribution in [0.15, 0.2) is 30.6 Å². The maximum Gasteiger partial charge on any atom is 0.144 e. The van der Waals surface area contributed by atoms with E-state index < -0.39 is 0 Å². The van der Waals surface area contributed by atoms with E-state index in [4.69, 9.17) is 27.9 Å². The number of ether oxygens (including phenoxy) is 1. The van der Waals surface area contributed by atoms with Crippen LogP contribution in [0.1, 0.15) is 5.69 Å². The highest BCUT2D eigenvalue weighted by atomic mass is 35.5. The van der Waals surface area contributed by atoms with Gasteiger partial charge in [0.2, 0.25) is 0 Å². The minimum Gasteiger partial charge on any atom is -0.486 e. The summed E-state index contributed by atoms with van der Waals surface area (Å²) in [6, 6.07) is 5.08. The highest BCUT2D eigenvalue weighted by molar-refractivity contribution is 6.35. The van der Waals surface area contributed by atoms with Crippen molar-refractivity contribution in [3.8, 4) is 5.75 Å². The summed E-state index contributed by atoms with van der Waals surface area (Å²) in [6.45, 7) is 0.304. The lowest BCUT2D eigenvalue weighted by Crippen LogP contribution is -2.01. The molecule has 0 aliphatic rings. The fourth-order valence-electron chi connectivity index (χ4n) is 1.30. The van der Waals surface area contributed by atoms with Crippen molar-refractivity contribution in [3.05, 3.63) is 46.3 Å². The van der Waals surface area contributed by atoms with Crippen molar-refractivity contribution in [2.24, 2.45) is 0 Å². The quantitative estimate of drug-likeness (QED) is 0.934. The first-order valence-electron chi connectivity index (χ1n) is 5.25. The van der Waals surface area contributed by atoms with Gasteiger partial charge in [0.05, 0.1) is 23.1 Å². The first-order chi connectivity index (χ1) is 8.69. The first-order valence-corrected chi connectivity index (χ1v) is 6.01. The van der Waals surface area contributed by atoms with Gasteiger partial charge in [-0.1, -0.05) is 23.2 Å². The van der Waals surface area contributed by atoms with Gasteiger partial charge < -0.3 is 10.1 Å². The van der Waals surface area contributed by atoms with Crippen LogP contribution in [0, 0.1) is 0 Å². The fourth-order valence-corrected chi connectivity index (χ4v) is 1.77. The summed E-state index contributed by atoms with van der Waals surface area (Å²) in [7, 11) is 1.79. The molecule has 0 amide bonds. The minimum atomic E-state index is 0.304. The van der Waals surface area contributed by atoms with Crippen molar-refractivity contribution in [1.82, 2.24) is 9.97 Å². The Bertz CT molecular complexity index is 531. The minimum absolute atomic E-state index is 0.304. The van der Waals surface area contributed by atoms with Gasteiger partial charge in [-0.2, -0.15) is 0 Å². The Hall–Kier alpha value is -1.52. The summed E-state index contributed by atoms with van der Waals surface area (Å²) in [6.07, 6.45) is 3.29. The summed E-state index contributed by atoms with van der Waals surface area (Å²) < 4.78 is 5.54. The molecule has 0 bridgehead atoms. The van der Waals surface area contributed by atoms with Gasteiger partial charge in [-0.3, -0.25) is 4.98 Å². The van der Waals surface area contributed by atoms with Crippen LogP contribution in [0.3, 0.4) is 0 Å². The number of hydrogen-bond donors (Lipinski definition) is 1. The lowest BCUT2D eigenvalue weighted by molar-refractivity contribution is 0.301. The third-order valence-electron chi connectivity index (χ3n) is 2.23. The van der Waals surface area contributed by atoms with Gasteiger partial charge in [0.1, 0.15) is 18.2 Å². The molecule has 18 heavy (non-hydrogen) atoms. The van der Waals surface area contributed by atoms with Gasteiger partial charge >= 0.3 is 0 Å². The van der Waals surface area contributed by atoms with Crippen molar-refractivity contribution in [2.45, 2.75) is 6.61 Å². The SMILES string of the molecule is CNc1cnc(COc2ccc(Cl)cc2Cl)cn1. The standard InChI is InChI=1S/C12H11Cl2N3O/c1-15-12-6-16-9(5-17-12)7-18-11-3-2-8(13)4-10(11)14/h2-6H,7H2,1H3,(H,15,17). The molecule has 2 aromatic rings. The molecule has 0 radical (unpaired) electrons. The largest absolute Gasteiger partial charge is 0.486 e. The Labute approximate surface area is 115 Å². The normalized spacial score (nSPS) is 10.2. The molecule has 0 unspecified atom stereocenters. The van der Waals surface area contributed by atoms with E-state index in [1.807, 2.05) is 0 Å². The van der Waals surface area contributed by atoms with E-state index in [0.717, 1.165) is 5.69 Å². The number of nitrogens with one attached hydrogen (secondary N) is 1. The second-order valence-corrected chi connectivity index (χ2v) is 4.35. The number of hydrogen-bond acceptors (Lipinski definition) is 4. The van der Waals surface area contributed by atoms with Crippen LogP contribution in [-0.2, 0) is 6.61 Å². The zero-order chi connectivity index (χ0) is 13.0. The molecular formula is C12H11Cl2N3O. The van der Waals surface area contributed by atoms with E-state index >= 15 is 0 Å². The summed E-state index contributed by atoms with van der Waals surface area (Å²) in [4.78, 5) is 8.33. The average molecular weight is 284 g/mol. The smallest absolute Gasteiger partial charge is 0.144 e. The topological polar surface area (TPSA) is 47.0 Å². The van der Waals surface area contributed by atoms with Crippen molar-refractivity contribution in [3.63, 3.8) is 0 Å². The molecule has 1 N–H and O–H groups in total. The van der Waals surface area contributed by atoms with Crippen LogP contribution < -0.4 is 10.1 Å². The molecule has 0 atom stereocenters. The van der Waals surface area contributed by atoms with E-state index in [9.17, 15) is 0 Å². The maximum absolute atomic E-state index is 5.99. The molecule has 1 aromatic heterocycles. The molecule has 2 rings (SSSR count). The summed E-state index contributed by atoms with van der Waals surface area (Å²) in [5.41, 5.74) is 0.722. The third kappa shape index (κ3) is 3.24. The number of halogens is 2. The van der Waals surface area contributed by atoms with E-state index in [1.54, 1.807) is 37.6 Å². The van der Waals surface area contributed by atoms with Gasteiger partial charge in [-0.25, -0.2) is 4.98 Å². The van der Waals surface area contributed by atoms with E-state index in [2.05, 4.69) is 15.3 Å². The molecular weight excluding hydrogens is 273 g/mol. The van der Waals surface area contributed by atoms with Crippen LogP contribution >= 0.6 is 23.2 Å². The van der Waals surface area contributed by atoms with Gasteiger partial charge in [-0.05, 0) is 18.2 Å². The molecule has 6 heteroatoms. The number of benzene rings is 1. The highest BCUT2D eigenvalue weighted by Gasteiger charge is 2.03. The third-order valence-corrected chi connectivity index (χ3v) is 2.76. The van der Waals surface area contributed by atoms with Crippen molar-refractivity contribution >= 4 is 29.0 Å². The average Bonchev–Trinajstić information content (AvgIpc) is 2.38. The van der Waals surface area contributed by atoms with Crippen molar-refractivity contribution in [2.75, 3.05) is 12.4 Å². The first kappa shape index (κ1) is 12.9. The summed E-state index contributed by atoms with van der Waals surface area (Å²) in [5, 5.41) is 3.94. The van der Waals surface area contributed by atoms with Crippen LogP contribution in [0.4, 0.5) is 5.82 Å². The number of rotatable bonds is 4. The fraction of sp³-hybridized carbons (Fsp3) is 0.167. The molecule has 0 aliphatic heterocycles. The molecule has 1 aromatic carbocycles. The van der Waals surface area contributed by atoms with E-state index in [-0.39, 0.29) is 0 Å². The number of aromatic nitrogens is 2. The monoisotopic (exact) mass is 283 g/mol. The summed E-state index contributed by atoms with van der Waals surface area (Å²) >= 11 is 11.8. The molecule has 1 heterocycles. The molecule has 4 nitrogen and oxygen atoms in total. The van der Waals surface area contributed by atoms with Gasteiger partial charge in [0.15, 0.2) is 0 Å². The van der Waals surface area contributed by atoms with Gasteiger partial charge in [0.25, 0.3) is 0 Å². The molecule has 94 valence electrons. The van der Waals surface area contributed by atoms with Gasteiger partial charge in [0, 0.05) is 12.1 Å². The maximum atomic E-state index is 5.99. The zero-order valence-electron chi connectivity index (χ0n) is 9.65. The van der Waals surface area contributed by atoms with Crippen LogP contribution in [0.2, 0.25) is 10.0 Å².